The standard InChI is InChI=1S/C42H32/c1-42(2,3)33-21-23-38-39(26-33)41(31-19-16-27-10-4-5-12-29(27)24-31)37-15-9-8-14-36(37)40(38)32-20-22-35-30(25-32)18-17-28-11-6-7-13-34(28)35/h4-26H,1-3H3. The van der Waals surface area contributed by atoms with Gasteiger partial charge in [0.25, 0.3) is 0 Å². The summed E-state index contributed by atoms with van der Waals surface area (Å²) in [5.74, 6) is 0. The Balaban J connectivity index is 1.49. The number of fused-ring (bicyclic) bond motifs is 6. The molecular weight excluding hydrogens is 504 g/mol. The maximum atomic E-state index is 2.45. The van der Waals surface area contributed by atoms with Crippen molar-refractivity contribution in [2.45, 2.75) is 26.2 Å². The zero-order valence-corrected chi connectivity index (χ0v) is 24.3. The van der Waals surface area contributed by atoms with Gasteiger partial charge in [0.1, 0.15) is 0 Å². The normalized spacial score (nSPS) is 12.2. The van der Waals surface area contributed by atoms with E-state index in [1.54, 1.807) is 0 Å². The average molecular weight is 537 g/mol. The maximum absolute atomic E-state index is 2.45. The smallest absolute Gasteiger partial charge is 0.00260 e. The molecule has 0 saturated heterocycles. The van der Waals surface area contributed by atoms with Crippen LogP contribution in [-0.2, 0) is 5.41 Å². The third-order valence-corrected chi connectivity index (χ3v) is 8.96. The predicted octanol–water partition coefficient (Wildman–Crippen LogP) is 12.1. The molecule has 0 atom stereocenters. The lowest BCUT2D eigenvalue weighted by Gasteiger charge is -2.23. The minimum atomic E-state index is 0.0463. The average Bonchev–Trinajstić information content (AvgIpc) is 3.02. The van der Waals surface area contributed by atoms with Gasteiger partial charge in [-0.15, -0.1) is 0 Å². The quantitative estimate of drug-likeness (QED) is 0.152. The van der Waals surface area contributed by atoms with E-state index in [1.807, 2.05) is 0 Å². The maximum Gasteiger partial charge on any atom is -0.00260 e. The summed E-state index contributed by atoms with van der Waals surface area (Å²) in [6, 6.07) is 51.9. The second kappa shape index (κ2) is 9.29. The second-order valence-corrected chi connectivity index (χ2v) is 12.6. The van der Waals surface area contributed by atoms with Crippen molar-refractivity contribution in [3.63, 3.8) is 0 Å². The van der Waals surface area contributed by atoms with Gasteiger partial charge in [0.15, 0.2) is 0 Å². The molecule has 0 aliphatic carbocycles. The van der Waals surface area contributed by atoms with Gasteiger partial charge in [-0.25, -0.2) is 0 Å². The van der Waals surface area contributed by atoms with Crippen LogP contribution < -0.4 is 0 Å². The van der Waals surface area contributed by atoms with Crippen LogP contribution in [0, 0.1) is 0 Å². The Kier molecular flexibility index (Phi) is 5.49. The van der Waals surface area contributed by atoms with E-state index in [4.69, 9.17) is 0 Å². The van der Waals surface area contributed by atoms with Gasteiger partial charge in [-0.2, -0.15) is 0 Å². The fourth-order valence-corrected chi connectivity index (χ4v) is 6.78. The van der Waals surface area contributed by atoms with Crippen LogP contribution in [0.1, 0.15) is 26.3 Å². The van der Waals surface area contributed by atoms with E-state index in [-0.39, 0.29) is 5.41 Å². The molecule has 0 aromatic heterocycles. The van der Waals surface area contributed by atoms with Crippen LogP contribution in [-0.4, -0.2) is 0 Å². The van der Waals surface area contributed by atoms with Gasteiger partial charge >= 0.3 is 0 Å². The van der Waals surface area contributed by atoms with Crippen LogP contribution >= 0.6 is 0 Å². The van der Waals surface area contributed by atoms with Crippen LogP contribution in [0.25, 0.3) is 76.1 Å². The van der Waals surface area contributed by atoms with Crippen molar-refractivity contribution >= 4 is 53.9 Å². The van der Waals surface area contributed by atoms with Crippen molar-refractivity contribution in [1.29, 1.82) is 0 Å². The minimum absolute atomic E-state index is 0.0463. The Bertz CT molecular complexity index is 2330. The van der Waals surface area contributed by atoms with E-state index in [1.165, 1.54) is 81.7 Å². The number of hydrogen-bond acceptors (Lipinski definition) is 0. The Morgan fingerprint density at radius 2 is 0.810 bits per heavy atom. The van der Waals surface area contributed by atoms with E-state index < -0.39 is 0 Å². The molecule has 0 amide bonds. The monoisotopic (exact) mass is 536 g/mol. The summed E-state index contributed by atoms with van der Waals surface area (Å²) in [4.78, 5) is 0. The molecule has 8 aromatic carbocycles. The topological polar surface area (TPSA) is 0 Å². The summed E-state index contributed by atoms with van der Waals surface area (Å²) in [5, 5.41) is 12.9. The van der Waals surface area contributed by atoms with Crippen molar-refractivity contribution in [3.8, 4) is 22.3 Å². The molecule has 0 heteroatoms. The predicted molar refractivity (Wildman–Crippen MR) is 184 cm³/mol. The first kappa shape index (κ1) is 24.8. The van der Waals surface area contributed by atoms with Crippen LogP contribution in [0.4, 0.5) is 0 Å². The van der Waals surface area contributed by atoms with Crippen molar-refractivity contribution in [1.82, 2.24) is 0 Å². The molecule has 8 aromatic rings. The van der Waals surface area contributed by atoms with Gasteiger partial charge in [0.05, 0.1) is 0 Å². The molecule has 0 N–H and O–H groups in total. The van der Waals surface area contributed by atoms with Gasteiger partial charge < -0.3 is 0 Å². The lowest BCUT2D eigenvalue weighted by Crippen LogP contribution is -2.10. The zero-order chi connectivity index (χ0) is 28.4. The highest BCUT2D eigenvalue weighted by Gasteiger charge is 2.20. The van der Waals surface area contributed by atoms with Crippen molar-refractivity contribution < 1.29 is 0 Å². The lowest BCUT2D eigenvalue weighted by molar-refractivity contribution is 0.591. The van der Waals surface area contributed by atoms with Crippen molar-refractivity contribution in [2.75, 3.05) is 0 Å². The van der Waals surface area contributed by atoms with Crippen LogP contribution in [0.15, 0.2) is 140 Å². The van der Waals surface area contributed by atoms with Crippen LogP contribution in [0.5, 0.6) is 0 Å². The molecule has 42 heavy (non-hydrogen) atoms. The molecule has 0 heterocycles. The van der Waals surface area contributed by atoms with Gasteiger partial charge in [-0.05, 0) is 105 Å². The first-order chi connectivity index (χ1) is 20.5. The Hall–Kier alpha value is -4.94. The van der Waals surface area contributed by atoms with E-state index in [2.05, 4.69) is 160 Å². The zero-order valence-electron chi connectivity index (χ0n) is 24.3. The third-order valence-electron chi connectivity index (χ3n) is 8.96. The Morgan fingerprint density at radius 3 is 1.55 bits per heavy atom. The van der Waals surface area contributed by atoms with Crippen molar-refractivity contribution in [3.05, 3.63) is 145 Å². The van der Waals surface area contributed by atoms with E-state index in [9.17, 15) is 0 Å². The van der Waals surface area contributed by atoms with Crippen LogP contribution in [0.2, 0.25) is 0 Å². The van der Waals surface area contributed by atoms with Gasteiger partial charge in [0, 0.05) is 0 Å². The molecule has 0 aliphatic heterocycles. The molecule has 0 aliphatic rings. The summed E-state index contributed by atoms with van der Waals surface area (Å²) in [7, 11) is 0. The molecule has 0 fully saturated rings. The summed E-state index contributed by atoms with van der Waals surface area (Å²) < 4.78 is 0. The number of rotatable bonds is 2. The van der Waals surface area contributed by atoms with Gasteiger partial charge in [-0.3, -0.25) is 0 Å². The molecule has 200 valence electrons. The third kappa shape index (κ3) is 3.90. The van der Waals surface area contributed by atoms with Gasteiger partial charge in [0.2, 0.25) is 0 Å². The summed E-state index contributed by atoms with van der Waals surface area (Å²) in [6.45, 7) is 6.92. The minimum Gasteiger partial charge on any atom is -0.0616 e. The summed E-state index contributed by atoms with van der Waals surface area (Å²) in [6.07, 6.45) is 0. The largest absolute Gasteiger partial charge is 0.0616 e. The van der Waals surface area contributed by atoms with Crippen LogP contribution in [0.3, 0.4) is 0 Å². The molecule has 0 radical (unpaired) electrons. The molecule has 8 rings (SSSR count). The number of hydrogen-bond donors (Lipinski definition) is 0. The Labute approximate surface area is 246 Å². The first-order valence-electron chi connectivity index (χ1n) is 14.9. The highest BCUT2D eigenvalue weighted by molar-refractivity contribution is 6.22. The van der Waals surface area contributed by atoms with E-state index >= 15 is 0 Å². The van der Waals surface area contributed by atoms with Gasteiger partial charge in [-0.1, -0.05) is 142 Å². The Morgan fingerprint density at radius 1 is 0.333 bits per heavy atom. The molecule has 0 spiro atoms. The highest BCUT2D eigenvalue weighted by Crippen LogP contribution is 2.46. The van der Waals surface area contributed by atoms with E-state index in [0.29, 0.717) is 0 Å². The lowest BCUT2D eigenvalue weighted by atomic mass is 9.81. The SMILES string of the molecule is CC(C)(C)c1ccc2c(-c3ccc4c(ccc5ccccc54)c3)c3ccccc3c(-c3ccc4ccccc4c3)c2c1. The summed E-state index contributed by atoms with van der Waals surface area (Å²) >= 11 is 0. The molecular formula is C42H32. The highest BCUT2D eigenvalue weighted by atomic mass is 14.2. The molecule has 0 bridgehead atoms. The molecule has 0 saturated carbocycles. The van der Waals surface area contributed by atoms with Crippen molar-refractivity contribution in [2.24, 2.45) is 0 Å². The molecule has 0 unspecified atom stereocenters. The first-order valence-corrected chi connectivity index (χ1v) is 14.9. The van der Waals surface area contributed by atoms with E-state index in [0.717, 1.165) is 0 Å². The summed E-state index contributed by atoms with van der Waals surface area (Å²) in [5.41, 5.74) is 6.53. The second-order valence-electron chi connectivity index (χ2n) is 12.6. The fourth-order valence-electron chi connectivity index (χ4n) is 6.78. The molecule has 0 nitrogen and oxygen atoms in total. The fraction of sp³-hybridized carbons (Fsp3) is 0.0952. The number of benzene rings is 8.